The molecule has 0 unspecified atom stereocenters. The maximum Gasteiger partial charge on any atom is 0.311 e. The van der Waals surface area contributed by atoms with Crippen LogP contribution >= 0.6 is 0 Å². The van der Waals surface area contributed by atoms with Gasteiger partial charge in [0.15, 0.2) is 6.10 Å². The highest BCUT2D eigenvalue weighted by molar-refractivity contribution is 6.01. The van der Waals surface area contributed by atoms with E-state index in [-0.39, 0.29) is 18.0 Å². The molecular formula is C24H21FO3. The summed E-state index contributed by atoms with van der Waals surface area (Å²) in [5.41, 5.74) is 3.80. The second-order valence-corrected chi connectivity index (χ2v) is 6.81. The van der Waals surface area contributed by atoms with Gasteiger partial charge in [-0.15, -0.1) is 0 Å². The summed E-state index contributed by atoms with van der Waals surface area (Å²) >= 11 is 0. The fourth-order valence-electron chi connectivity index (χ4n) is 2.83. The summed E-state index contributed by atoms with van der Waals surface area (Å²) in [6.07, 6.45) is -1.07. The molecule has 0 heterocycles. The maximum atomic E-state index is 13.0. The van der Waals surface area contributed by atoms with E-state index in [1.807, 2.05) is 38.1 Å². The van der Waals surface area contributed by atoms with Crippen molar-refractivity contribution in [2.45, 2.75) is 26.4 Å². The van der Waals surface area contributed by atoms with Crippen molar-refractivity contribution in [3.63, 3.8) is 0 Å². The molecule has 0 N–H and O–H groups in total. The Bertz CT molecular complexity index is 958. The van der Waals surface area contributed by atoms with E-state index < -0.39 is 12.1 Å². The molecule has 0 bridgehead atoms. The van der Waals surface area contributed by atoms with Gasteiger partial charge in [0.2, 0.25) is 5.78 Å². The molecule has 3 aromatic rings. The molecule has 3 nitrogen and oxygen atoms in total. The summed E-state index contributed by atoms with van der Waals surface area (Å²) in [4.78, 5) is 25.5. The summed E-state index contributed by atoms with van der Waals surface area (Å²) in [5, 5.41) is 0. The number of aryl methyl sites for hydroxylation is 2. The van der Waals surface area contributed by atoms with Crippen LogP contribution in [-0.4, -0.2) is 11.8 Å². The molecule has 3 rings (SSSR count). The van der Waals surface area contributed by atoms with E-state index in [1.165, 1.54) is 24.3 Å². The van der Waals surface area contributed by atoms with Gasteiger partial charge >= 0.3 is 5.97 Å². The second-order valence-electron chi connectivity index (χ2n) is 6.81. The standard InChI is InChI=1S/C24H21FO3/c1-16-3-9-19(10-4-16)23(27)24(20-11-5-17(2)6-12-20)28-22(26)15-18-7-13-21(25)14-8-18/h3-14,24H,15H2,1-2H3/t24-/m1/s1. The fourth-order valence-corrected chi connectivity index (χ4v) is 2.83. The van der Waals surface area contributed by atoms with E-state index in [0.717, 1.165) is 11.1 Å². The predicted octanol–water partition coefficient (Wildman–Crippen LogP) is 5.15. The molecule has 3 aromatic carbocycles. The lowest BCUT2D eigenvalue weighted by molar-refractivity contribution is -0.146. The highest BCUT2D eigenvalue weighted by atomic mass is 19.1. The minimum atomic E-state index is -1.03. The third-order valence-corrected chi connectivity index (χ3v) is 4.47. The third kappa shape index (κ3) is 4.92. The first kappa shape index (κ1) is 19.5. The van der Waals surface area contributed by atoms with E-state index in [2.05, 4.69) is 0 Å². The molecule has 0 aliphatic carbocycles. The summed E-state index contributed by atoms with van der Waals surface area (Å²) in [6, 6.07) is 20.1. The zero-order valence-corrected chi connectivity index (χ0v) is 15.8. The van der Waals surface area contributed by atoms with Crippen LogP contribution in [0.25, 0.3) is 0 Å². The predicted molar refractivity (Wildman–Crippen MR) is 106 cm³/mol. The van der Waals surface area contributed by atoms with Gasteiger partial charge in [0.05, 0.1) is 6.42 Å². The van der Waals surface area contributed by atoms with Gasteiger partial charge in [0.1, 0.15) is 5.82 Å². The van der Waals surface area contributed by atoms with Crippen LogP contribution in [-0.2, 0) is 16.0 Å². The van der Waals surface area contributed by atoms with E-state index in [0.29, 0.717) is 16.7 Å². The first-order chi connectivity index (χ1) is 13.4. The quantitative estimate of drug-likeness (QED) is 0.441. The number of Topliss-reactive ketones (excluding diaryl/α,β-unsaturated/α-hetero) is 1. The van der Waals surface area contributed by atoms with Gasteiger partial charge < -0.3 is 4.74 Å². The highest BCUT2D eigenvalue weighted by Gasteiger charge is 2.26. The van der Waals surface area contributed by atoms with Crippen molar-refractivity contribution in [1.29, 1.82) is 0 Å². The van der Waals surface area contributed by atoms with E-state index in [9.17, 15) is 14.0 Å². The Hall–Kier alpha value is -3.27. The van der Waals surface area contributed by atoms with E-state index in [4.69, 9.17) is 4.74 Å². The molecule has 1 atom stereocenters. The molecule has 0 radical (unpaired) electrons. The lowest BCUT2D eigenvalue weighted by Gasteiger charge is -2.18. The zero-order valence-electron chi connectivity index (χ0n) is 15.8. The Labute approximate surface area is 163 Å². The highest BCUT2D eigenvalue weighted by Crippen LogP contribution is 2.24. The number of ether oxygens (including phenoxy) is 1. The summed E-state index contributed by atoms with van der Waals surface area (Å²) in [7, 11) is 0. The smallest absolute Gasteiger partial charge is 0.311 e. The molecular weight excluding hydrogens is 355 g/mol. The van der Waals surface area contributed by atoms with Gasteiger partial charge in [-0.25, -0.2) is 4.39 Å². The minimum absolute atomic E-state index is 0.0379. The van der Waals surface area contributed by atoms with Gasteiger partial charge in [-0.2, -0.15) is 0 Å². The van der Waals surface area contributed by atoms with Gasteiger partial charge in [-0.05, 0) is 31.5 Å². The Kier molecular flexibility index (Phi) is 5.99. The molecule has 28 heavy (non-hydrogen) atoms. The van der Waals surface area contributed by atoms with Crippen LogP contribution in [0.4, 0.5) is 4.39 Å². The molecule has 0 aliphatic rings. The molecule has 0 fully saturated rings. The Morgan fingerprint density at radius 2 is 1.36 bits per heavy atom. The van der Waals surface area contributed by atoms with E-state index in [1.54, 1.807) is 24.3 Å². The monoisotopic (exact) mass is 376 g/mol. The van der Waals surface area contributed by atoms with Crippen molar-refractivity contribution in [3.05, 3.63) is 106 Å². The lowest BCUT2D eigenvalue weighted by Crippen LogP contribution is -2.21. The largest absolute Gasteiger partial charge is 0.449 e. The molecule has 0 saturated carbocycles. The number of hydrogen-bond donors (Lipinski definition) is 0. The van der Waals surface area contributed by atoms with Crippen LogP contribution in [0.3, 0.4) is 0 Å². The molecule has 0 amide bonds. The van der Waals surface area contributed by atoms with Gasteiger partial charge in [0, 0.05) is 11.1 Å². The van der Waals surface area contributed by atoms with Crippen LogP contribution in [0.5, 0.6) is 0 Å². The summed E-state index contributed by atoms with van der Waals surface area (Å²) in [6.45, 7) is 3.88. The lowest BCUT2D eigenvalue weighted by atomic mass is 9.98. The molecule has 0 aliphatic heterocycles. The third-order valence-electron chi connectivity index (χ3n) is 4.47. The molecule has 142 valence electrons. The Balaban J connectivity index is 1.84. The topological polar surface area (TPSA) is 43.4 Å². The number of halogens is 1. The average molecular weight is 376 g/mol. The molecule has 0 saturated heterocycles. The minimum Gasteiger partial charge on any atom is -0.449 e. The first-order valence-electron chi connectivity index (χ1n) is 9.04. The fraction of sp³-hybridized carbons (Fsp3) is 0.167. The van der Waals surface area contributed by atoms with Gasteiger partial charge in [-0.3, -0.25) is 9.59 Å². The number of ketones is 1. The second kappa shape index (κ2) is 8.61. The van der Waals surface area contributed by atoms with Crippen LogP contribution in [0, 0.1) is 19.7 Å². The molecule has 0 spiro atoms. The van der Waals surface area contributed by atoms with Crippen molar-refractivity contribution in [2.24, 2.45) is 0 Å². The zero-order chi connectivity index (χ0) is 20.1. The van der Waals surface area contributed by atoms with Crippen molar-refractivity contribution in [2.75, 3.05) is 0 Å². The first-order valence-corrected chi connectivity index (χ1v) is 9.04. The van der Waals surface area contributed by atoms with Crippen LogP contribution in [0.2, 0.25) is 0 Å². The van der Waals surface area contributed by atoms with E-state index >= 15 is 0 Å². The summed E-state index contributed by atoms with van der Waals surface area (Å²) < 4.78 is 18.6. The number of hydrogen-bond acceptors (Lipinski definition) is 3. The normalized spacial score (nSPS) is 11.7. The van der Waals surface area contributed by atoms with Crippen molar-refractivity contribution >= 4 is 11.8 Å². The maximum absolute atomic E-state index is 13.0. The van der Waals surface area contributed by atoms with Gasteiger partial charge in [0.25, 0.3) is 0 Å². The molecule has 0 aromatic heterocycles. The number of benzene rings is 3. The summed E-state index contributed by atoms with van der Waals surface area (Å²) in [5.74, 6) is -1.20. The van der Waals surface area contributed by atoms with Crippen molar-refractivity contribution in [1.82, 2.24) is 0 Å². The van der Waals surface area contributed by atoms with Gasteiger partial charge in [-0.1, -0.05) is 71.8 Å². The number of rotatable bonds is 6. The van der Waals surface area contributed by atoms with Crippen LogP contribution < -0.4 is 0 Å². The van der Waals surface area contributed by atoms with Crippen LogP contribution in [0.15, 0.2) is 72.8 Å². The Morgan fingerprint density at radius 3 is 1.93 bits per heavy atom. The van der Waals surface area contributed by atoms with Crippen molar-refractivity contribution in [3.8, 4) is 0 Å². The SMILES string of the molecule is Cc1ccc(C(=O)[C@H](OC(=O)Cc2ccc(F)cc2)c2ccc(C)cc2)cc1. The van der Waals surface area contributed by atoms with Crippen molar-refractivity contribution < 1.29 is 18.7 Å². The Morgan fingerprint density at radius 1 is 0.821 bits per heavy atom. The molecule has 4 heteroatoms. The number of carbonyl (C=O) groups excluding carboxylic acids is 2. The average Bonchev–Trinajstić information content (AvgIpc) is 2.69. The van der Waals surface area contributed by atoms with Crippen LogP contribution in [0.1, 0.15) is 38.7 Å². The number of esters is 1. The number of carbonyl (C=O) groups is 2.